The maximum Gasteiger partial charge on any atom is 0.339 e. The number of nitrogens with zero attached hydrogens (tertiary/aromatic N) is 1. The van der Waals surface area contributed by atoms with E-state index in [1.165, 1.54) is 19.1 Å². The van der Waals surface area contributed by atoms with Crippen molar-refractivity contribution in [2.24, 2.45) is 0 Å². The Labute approximate surface area is 167 Å². The van der Waals surface area contributed by atoms with Gasteiger partial charge in [-0.05, 0) is 31.0 Å². The summed E-state index contributed by atoms with van der Waals surface area (Å²) < 4.78 is 5.13. The van der Waals surface area contributed by atoms with Crippen molar-refractivity contribution in [1.29, 1.82) is 0 Å². The molecule has 0 heterocycles. The molecule has 0 aromatic heterocycles. The maximum absolute atomic E-state index is 12.3. The van der Waals surface area contributed by atoms with Crippen molar-refractivity contribution in [3.63, 3.8) is 0 Å². The number of carbonyl (C=O) groups is 2. The van der Waals surface area contributed by atoms with Gasteiger partial charge < -0.3 is 10.1 Å². The molecule has 0 radical (unpaired) electrons. The molecule has 2 atom stereocenters. The zero-order chi connectivity index (χ0) is 20.7. The van der Waals surface area contributed by atoms with Crippen LogP contribution in [0.3, 0.4) is 0 Å². The fourth-order valence-corrected chi connectivity index (χ4v) is 2.84. The predicted octanol–water partition coefficient (Wildman–Crippen LogP) is 4.10. The molecule has 0 saturated carbocycles. The van der Waals surface area contributed by atoms with Gasteiger partial charge in [-0.25, -0.2) is 4.79 Å². The minimum absolute atomic E-state index is 0.0496. The van der Waals surface area contributed by atoms with Crippen LogP contribution < -0.4 is 5.32 Å². The number of benzene rings is 2. The van der Waals surface area contributed by atoms with Gasteiger partial charge in [-0.1, -0.05) is 48.9 Å². The second kappa shape index (κ2) is 9.85. The zero-order valence-corrected chi connectivity index (χ0v) is 16.3. The summed E-state index contributed by atoms with van der Waals surface area (Å²) in [5, 5.41) is 13.6. The molecule has 0 unspecified atom stereocenters. The largest absolute Gasteiger partial charge is 0.449 e. The van der Waals surface area contributed by atoms with Crippen molar-refractivity contribution in [3.8, 4) is 0 Å². The van der Waals surface area contributed by atoms with Crippen LogP contribution in [0.2, 0.25) is 5.02 Å². The van der Waals surface area contributed by atoms with Crippen LogP contribution in [0.5, 0.6) is 0 Å². The lowest BCUT2D eigenvalue weighted by molar-refractivity contribution is -0.384. The van der Waals surface area contributed by atoms with Gasteiger partial charge in [0.1, 0.15) is 5.02 Å². The number of hydrogen-bond donors (Lipinski definition) is 1. The summed E-state index contributed by atoms with van der Waals surface area (Å²) in [4.78, 5) is 34.7. The molecule has 0 bridgehead atoms. The van der Waals surface area contributed by atoms with Crippen molar-refractivity contribution in [3.05, 3.63) is 74.8 Å². The van der Waals surface area contributed by atoms with E-state index in [-0.39, 0.29) is 16.5 Å². The Morgan fingerprint density at radius 1 is 1.21 bits per heavy atom. The second-order valence-electron chi connectivity index (χ2n) is 6.23. The molecule has 0 aliphatic carbocycles. The number of carbonyl (C=O) groups excluding carboxylic acids is 2. The third-order valence-corrected chi connectivity index (χ3v) is 4.64. The van der Waals surface area contributed by atoms with Gasteiger partial charge in [-0.15, -0.1) is 0 Å². The standard InChI is InChI=1S/C20H21ClN2O5/c1-3-14(15-7-5-4-6-8-15)12-22-19(24)13(2)28-20(25)16-9-10-17(21)18(11-16)23(26)27/h4-11,13-14H,3,12H2,1-2H3,(H,22,24)/t13-,14-/m1/s1. The molecule has 1 N–H and O–H groups in total. The van der Waals surface area contributed by atoms with Crippen LogP contribution in [0, 0.1) is 10.1 Å². The highest BCUT2D eigenvalue weighted by atomic mass is 35.5. The summed E-state index contributed by atoms with van der Waals surface area (Å²) in [6, 6.07) is 13.4. The summed E-state index contributed by atoms with van der Waals surface area (Å²) in [5.41, 5.74) is 0.664. The number of rotatable bonds is 8. The topological polar surface area (TPSA) is 98.5 Å². The normalized spacial score (nSPS) is 12.7. The Kier molecular flexibility index (Phi) is 7.52. The first-order valence-corrected chi connectivity index (χ1v) is 9.18. The van der Waals surface area contributed by atoms with E-state index in [1.54, 1.807) is 0 Å². The minimum Gasteiger partial charge on any atom is -0.449 e. The van der Waals surface area contributed by atoms with Gasteiger partial charge in [-0.3, -0.25) is 14.9 Å². The zero-order valence-electron chi connectivity index (χ0n) is 15.6. The van der Waals surface area contributed by atoms with E-state index in [1.807, 2.05) is 37.3 Å². The highest BCUT2D eigenvalue weighted by Gasteiger charge is 2.22. The number of nitro groups is 1. The molecular weight excluding hydrogens is 384 g/mol. The number of halogens is 1. The summed E-state index contributed by atoms with van der Waals surface area (Å²) in [7, 11) is 0. The average Bonchev–Trinajstić information content (AvgIpc) is 2.69. The predicted molar refractivity (Wildman–Crippen MR) is 105 cm³/mol. The number of esters is 1. The molecule has 0 aliphatic rings. The summed E-state index contributed by atoms with van der Waals surface area (Å²) in [6.07, 6.45) is -0.206. The molecule has 148 valence electrons. The quantitative estimate of drug-likeness (QED) is 0.405. The smallest absolute Gasteiger partial charge is 0.339 e. The van der Waals surface area contributed by atoms with Crippen LogP contribution >= 0.6 is 11.6 Å². The van der Waals surface area contributed by atoms with Gasteiger partial charge in [0.15, 0.2) is 6.10 Å². The van der Waals surface area contributed by atoms with E-state index in [9.17, 15) is 19.7 Å². The maximum atomic E-state index is 12.3. The van der Waals surface area contributed by atoms with E-state index < -0.39 is 28.6 Å². The second-order valence-corrected chi connectivity index (χ2v) is 6.64. The van der Waals surface area contributed by atoms with Crippen LogP contribution in [-0.4, -0.2) is 29.4 Å². The Bertz CT molecular complexity index is 857. The number of amides is 1. The van der Waals surface area contributed by atoms with Crippen molar-refractivity contribution in [1.82, 2.24) is 5.32 Å². The fourth-order valence-electron chi connectivity index (χ4n) is 2.65. The molecule has 0 saturated heterocycles. The number of nitrogens with one attached hydrogen (secondary N) is 1. The molecule has 28 heavy (non-hydrogen) atoms. The van der Waals surface area contributed by atoms with Crippen molar-refractivity contribution < 1.29 is 19.2 Å². The summed E-state index contributed by atoms with van der Waals surface area (Å²) in [6.45, 7) is 3.88. The Morgan fingerprint density at radius 3 is 2.50 bits per heavy atom. The number of ether oxygens (including phenoxy) is 1. The van der Waals surface area contributed by atoms with E-state index in [4.69, 9.17) is 16.3 Å². The lowest BCUT2D eigenvalue weighted by Crippen LogP contribution is -2.38. The fraction of sp³-hybridized carbons (Fsp3) is 0.300. The SMILES string of the molecule is CC[C@H](CNC(=O)[C@@H](C)OC(=O)c1ccc(Cl)c([N+](=O)[O-])c1)c1ccccc1. The molecule has 0 fully saturated rings. The van der Waals surface area contributed by atoms with Crippen molar-refractivity contribution >= 4 is 29.2 Å². The lowest BCUT2D eigenvalue weighted by atomic mass is 9.96. The van der Waals surface area contributed by atoms with E-state index in [2.05, 4.69) is 5.32 Å². The first-order chi connectivity index (χ1) is 13.3. The third kappa shape index (κ3) is 5.53. The first kappa shape index (κ1) is 21.4. The highest BCUT2D eigenvalue weighted by Crippen LogP contribution is 2.25. The molecule has 2 aromatic rings. The van der Waals surface area contributed by atoms with Crippen LogP contribution in [-0.2, 0) is 9.53 Å². The average molecular weight is 405 g/mol. The molecule has 8 heteroatoms. The van der Waals surface area contributed by atoms with E-state index in [0.717, 1.165) is 18.1 Å². The Morgan fingerprint density at radius 2 is 1.89 bits per heavy atom. The van der Waals surface area contributed by atoms with Crippen molar-refractivity contribution in [2.45, 2.75) is 32.3 Å². The minimum atomic E-state index is -1.05. The van der Waals surface area contributed by atoms with Crippen LogP contribution in [0.4, 0.5) is 5.69 Å². The molecule has 1 amide bonds. The Hall–Kier alpha value is -2.93. The molecule has 2 rings (SSSR count). The van der Waals surface area contributed by atoms with Gasteiger partial charge in [0.2, 0.25) is 0 Å². The van der Waals surface area contributed by atoms with Gasteiger partial charge >= 0.3 is 5.97 Å². The molecule has 0 aliphatic heterocycles. The van der Waals surface area contributed by atoms with Crippen molar-refractivity contribution in [2.75, 3.05) is 6.54 Å². The molecular formula is C20H21ClN2O5. The van der Waals surface area contributed by atoms with Gasteiger partial charge in [-0.2, -0.15) is 0 Å². The monoisotopic (exact) mass is 404 g/mol. The molecule has 2 aromatic carbocycles. The summed E-state index contributed by atoms with van der Waals surface area (Å²) in [5.74, 6) is -1.13. The number of hydrogen-bond acceptors (Lipinski definition) is 5. The van der Waals surface area contributed by atoms with Crippen LogP contribution in [0.1, 0.15) is 42.1 Å². The van der Waals surface area contributed by atoms with Gasteiger partial charge in [0.05, 0.1) is 10.5 Å². The molecule has 0 spiro atoms. The number of nitro benzene ring substituents is 1. The van der Waals surface area contributed by atoms with Crippen LogP contribution in [0.25, 0.3) is 0 Å². The van der Waals surface area contributed by atoms with Gasteiger partial charge in [0, 0.05) is 18.5 Å². The lowest BCUT2D eigenvalue weighted by Gasteiger charge is -2.18. The highest BCUT2D eigenvalue weighted by molar-refractivity contribution is 6.32. The summed E-state index contributed by atoms with van der Waals surface area (Å²) >= 11 is 5.73. The van der Waals surface area contributed by atoms with Gasteiger partial charge in [0.25, 0.3) is 11.6 Å². The molecule has 7 nitrogen and oxygen atoms in total. The van der Waals surface area contributed by atoms with Crippen LogP contribution in [0.15, 0.2) is 48.5 Å². The van der Waals surface area contributed by atoms with E-state index in [0.29, 0.717) is 6.54 Å². The third-order valence-electron chi connectivity index (χ3n) is 4.32. The van der Waals surface area contributed by atoms with E-state index >= 15 is 0 Å². The first-order valence-electron chi connectivity index (χ1n) is 8.81. The Balaban J connectivity index is 1.95.